The third kappa shape index (κ3) is 5.94. The summed E-state index contributed by atoms with van der Waals surface area (Å²) in [4.78, 5) is 26.5. The van der Waals surface area contributed by atoms with E-state index in [2.05, 4.69) is 10.6 Å². The summed E-state index contributed by atoms with van der Waals surface area (Å²) in [5.41, 5.74) is 2.86. The maximum absolute atomic E-state index is 12.6. The van der Waals surface area contributed by atoms with Crippen LogP contribution >= 0.6 is 0 Å². The summed E-state index contributed by atoms with van der Waals surface area (Å²) < 4.78 is 12.1. The molecular formula is C26H33N3O5. The zero-order chi connectivity index (χ0) is 24.1. The summed E-state index contributed by atoms with van der Waals surface area (Å²) in [6.45, 7) is 0.669. The van der Waals surface area contributed by atoms with E-state index in [1.807, 2.05) is 67.5 Å². The number of ether oxygens (including phenoxy) is 2. The molecule has 8 heteroatoms. The number of carbonyl (C=O) groups is 2. The van der Waals surface area contributed by atoms with Crippen LogP contribution in [0.4, 0.5) is 5.69 Å². The number of likely N-dealkylation sites (N-methyl/N-ethyl adjacent to an activating group) is 1. The molecule has 0 aromatic heterocycles. The van der Waals surface area contributed by atoms with E-state index in [0.29, 0.717) is 25.2 Å². The molecule has 2 aromatic carbocycles. The Morgan fingerprint density at radius 1 is 1.12 bits per heavy atom. The molecule has 2 aliphatic rings. The number of nitrogens with zero attached hydrogens (tertiary/aromatic N) is 1. The third-order valence-electron chi connectivity index (χ3n) is 6.23. The number of aliphatic hydroxyl groups is 1. The molecule has 0 radical (unpaired) electrons. The first-order chi connectivity index (χ1) is 16.4. The van der Waals surface area contributed by atoms with Crippen LogP contribution < -0.4 is 15.4 Å². The van der Waals surface area contributed by atoms with Gasteiger partial charge in [-0.1, -0.05) is 30.3 Å². The predicted octanol–water partition coefficient (Wildman–Crippen LogP) is 1.93. The number of fused-ring (bicyclic) bond motifs is 3. The fourth-order valence-electron chi connectivity index (χ4n) is 4.72. The van der Waals surface area contributed by atoms with Crippen LogP contribution in [0.2, 0.25) is 0 Å². The lowest BCUT2D eigenvalue weighted by Crippen LogP contribution is -2.47. The molecule has 8 nitrogen and oxygen atoms in total. The van der Waals surface area contributed by atoms with Crippen molar-refractivity contribution in [1.29, 1.82) is 0 Å². The Labute approximate surface area is 200 Å². The number of hydrogen-bond acceptors (Lipinski definition) is 6. The van der Waals surface area contributed by atoms with Crippen LogP contribution in [0.1, 0.15) is 29.9 Å². The summed E-state index contributed by atoms with van der Waals surface area (Å²) >= 11 is 0. The Morgan fingerprint density at radius 3 is 2.65 bits per heavy atom. The topological polar surface area (TPSA) is 100 Å². The van der Waals surface area contributed by atoms with E-state index in [9.17, 15) is 14.7 Å². The van der Waals surface area contributed by atoms with Gasteiger partial charge in [0.2, 0.25) is 11.8 Å². The van der Waals surface area contributed by atoms with Crippen molar-refractivity contribution in [3.8, 4) is 5.75 Å². The van der Waals surface area contributed by atoms with Crippen molar-refractivity contribution in [3.05, 3.63) is 59.7 Å². The van der Waals surface area contributed by atoms with Crippen molar-refractivity contribution in [3.63, 3.8) is 0 Å². The van der Waals surface area contributed by atoms with E-state index in [1.165, 1.54) is 5.56 Å². The molecule has 3 N–H and O–H groups in total. The van der Waals surface area contributed by atoms with Crippen LogP contribution in [0.3, 0.4) is 0 Å². The largest absolute Gasteiger partial charge is 0.487 e. The van der Waals surface area contributed by atoms with Crippen LogP contribution in [0.15, 0.2) is 48.5 Å². The number of carbonyl (C=O) groups excluding carboxylic acids is 2. The molecule has 2 amide bonds. The zero-order valence-corrected chi connectivity index (χ0v) is 19.7. The molecule has 0 unspecified atom stereocenters. The normalized spacial score (nSPS) is 23.1. The quantitative estimate of drug-likeness (QED) is 0.521. The predicted molar refractivity (Wildman–Crippen MR) is 129 cm³/mol. The van der Waals surface area contributed by atoms with Gasteiger partial charge >= 0.3 is 0 Å². The zero-order valence-electron chi connectivity index (χ0n) is 19.7. The minimum Gasteiger partial charge on any atom is -0.487 e. The van der Waals surface area contributed by atoms with Crippen molar-refractivity contribution < 1.29 is 24.2 Å². The van der Waals surface area contributed by atoms with Crippen molar-refractivity contribution in [1.82, 2.24) is 10.2 Å². The second-order valence-corrected chi connectivity index (χ2v) is 9.23. The van der Waals surface area contributed by atoms with Crippen LogP contribution in [0.25, 0.3) is 0 Å². The monoisotopic (exact) mass is 467 g/mol. The van der Waals surface area contributed by atoms with Crippen LogP contribution in [0.5, 0.6) is 5.75 Å². The first-order valence-electron chi connectivity index (χ1n) is 11.7. The van der Waals surface area contributed by atoms with Crippen molar-refractivity contribution in [2.75, 3.05) is 39.1 Å². The highest BCUT2D eigenvalue weighted by Gasteiger charge is 2.46. The molecule has 0 bridgehead atoms. The van der Waals surface area contributed by atoms with Gasteiger partial charge in [0.05, 0.1) is 25.7 Å². The minimum absolute atomic E-state index is 0.0197. The van der Waals surface area contributed by atoms with Gasteiger partial charge in [0.15, 0.2) is 0 Å². The standard InChI is InChI=1S/C26H33N3O5/c1-29(2)15-25(32)28-18-8-9-22-20(12-18)21-13-19(33-23(16-30)26(21)34-22)14-24(31)27-11-10-17-6-4-3-5-7-17/h3-9,12,19,21,23,26,30H,10-11,13-16H2,1-2H3,(H,27,31)(H,28,32)/t19-,21+,23+,26-/m1/s1. The molecule has 2 aromatic rings. The molecule has 1 saturated heterocycles. The summed E-state index contributed by atoms with van der Waals surface area (Å²) in [6, 6.07) is 15.6. The molecule has 2 aliphatic heterocycles. The van der Waals surface area contributed by atoms with E-state index in [1.54, 1.807) is 0 Å². The average Bonchev–Trinajstić information content (AvgIpc) is 3.16. The Balaban J connectivity index is 1.37. The van der Waals surface area contributed by atoms with Gasteiger partial charge in [0.25, 0.3) is 0 Å². The van der Waals surface area contributed by atoms with Gasteiger partial charge in [-0.3, -0.25) is 9.59 Å². The Kier molecular flexibility index (Phi) is 7.82. The van der Waals surface area contributed by atoms with E-state index < -0.39 is 6.10 Å². The Bertz CT molecular complexity index is 997. The van der Waals surface area contributed by atoms with Crippen molar-refractivity contribution in [2.24, 2.45) is 0 Å². The van der Waals surface area contributed by atoms with Crippen LogP contribution in [-0.2, 0) is 20.7 Å². The van der Waals surface area contributed by atoms with E-state index in [0.717, 1.165) is 17.7 Å². The molecule has 0 spiro atoms. The van der Waals surface area contributed by atoms with Crippen LogP contribution in [-0.4, -0.2) is 73.9 Å². The van der Waals surface area contributed by atoms with Crippen LogP contribution in [0, 0.1) is 0 Å². The maximum Gasteiger partial charge on any atom is 0.238 e. The Morgan fingerprint density at radius 2 is 1.91 bits per heavy atom. The first-order valence-corrected chi connectivity index (χ1v) is 11.7. The molecule has 1 fully saturated rings. The molecular weight excluding hydrogens is 434 g/mol. The number of benzene rings is 2. The summed E-state index contributed by atoms with van der Waals surface area (Å²) in [6.07, 6.45) is 0.450. The number of rotatable bonds is 9. The third-order valence-corrected chi connectivity index (χ3v) is 6.23. The molecule has 0 saturated carbocycles. The molecule has 4 rings (SSSR count). The summed E-state index contributed by atoms with van der Waals surface area (Å²) in [5.74, 6) is 0.551. The first kappa shape index (κ1) is 24.2. The minimum atomic E-state index is -0.514. The number of aliphatic hydroxyl groups excluding tert-OH is 1. The molecule has 4 atom stereocenters. The highest BCUT2D eigenvalue weighted by Crippen LogP contribution is 2.47. The van der Waals surface area contributed by atoms with Gasteiger partial charge in [0.1, 0.15) is 18.0 Å². The number of anilines is 1. The smallest absolute Gasteiger partial charge is 0.238 e. The Hall–Kier alpha value is -2.94. The van der Waals surface area contributed by atoms with Gasteiger partial charge in [-0.2, -0.15) is 0 Å². The fraction of sp³-hybridized carbons (Fsp3) is 0.462. The molecule has 34 heavy (non-hydrogen) atoms. The SMILES string of the molecule is CN(C)CC(=O)Nc1ccc2c(c1)[C@@H]1C[C@H](CC(=O)NCCc3ccccc3)O[C@@H](CO)[C@@H]1O2. The fourth-order valence-corrected chi connectivity index (χ4v) is 4.72. The summed E-state index contributed by atoms with van der Waals surface area (Å²) in [5, 5.41) is 15.8. The van der Waals surface area contributed by atoms with Gasteiger partial charge in [-0.05, 0) is 50.7 Å². The average molecular weight is 468 g/mol. The highest BCUT2D eigenvalue weighted by molar-refractivity contribution is 5.92. The lowest BCUT2D eigenvalue weighted by molar-refractivity contribution is -0.142. The lowest BCUT2D eigenvalue weighted by Gasteiger charge is -2.37. The maximum atomic E-state index is 12.6. The van der Waals surface area contributed by atoms with E-state index in [4.69, 9.17) is 9.47 Å². The number of nitrogens with one attached hydrogen (secondary N) is 2. The number of hydrogen-bond donors (Lipinski definition) is 3. The summed E-state index contributed by atoms with van der Waals surface area (Å²) in [7, 11) is 3.69. The molecule has 182 valence electrons. The van der Waals surface area contributed by atoms with Gasteiger partial charge in [-0.25, -0.2) is 0 Å². The number of amides is 2. The highest BCUT2D eigenvalue weighted by atomic mass is 16.6. The van der Waals surface area contributed by atoms with E-state index in [-0.39, 0.29) is 43.0 Å². The van der Waals surface area contributed by atoms with Gasteiger partial charge < -0.3 is 30.1 Å². The van der Waals surface area contributed by atoms with Gasteiger partial charge in [-0.15, -0.1) is 0 Å². The second-order valence-electron chi connectivity index (χ2n) is 9.23. The van der Waals surface area contributed by atoms with Crippen molar-refractivity contribution >= 4 is 17.5 Å². The lowest BCUT2D eigenvalue weighted by atomic mass is 9.84. The van der Waals surface area contributed by atoms with E-state index >= 15 is 0 Å². The molecule has 2 heterocycles. The van der Waals surface area contributed by atoms with Gasteiger partial charge in [0, 0.05) is 23.7 Å². The molecule has 0 aliphatic carbocycles. The van der Waals surface area contributed by atoms with Crippen molar-refractivity contribution in [2.45, 2.75) is 43.5 Å². The second kappa shape index (κ2) is 11.0.